The lowest BCUT2D eigenvalue weighted by Gasteiger charge is -2.32. The molecule has 2 aromatic heterocycles. The molecule has 1 unspecified atom stereocenters. The van der Waals surface area contributed by atoms with Gasteiger partial charge in [0.15, 0.2) is 0 Å². The van der Waals surface area contributed by atoms with Crippen molar-refractivity contribution < 1.29 is 9.59 Å². The number of pyridine rings is 2. The quantitative estimate of drug-likeness (QED) is 0.654. The lowest BCUT2D eigenvalue weighted by atomic mass is 9.94. The predicted octanol–water partition coefficient (Wildman–Crippen LogP) is 4.31. The van der Waals surface area contributed by atoms with Crippen molar-refractivity contribution in [1.82, 2.24) is 20.2 Å². The van der Waals surface area contributed by atoms with E-state index in [1.165, 1.54) is 0 Å². The number of likely N-dealkylation sites (tertiary alicyclic amines) is 1. The predicted molar refractivity (Wildman–Crippen MR) is 126 cm³/mol. The van der Waals surface area contributed by atoms with Gasteiger partial charge in [0, 0.05) is 48.4 Å². The molecule has 3 aromatic rings. The van der Waals surface area contributed by atoms with Gasteiger partial charge in [-0.3, -0.25) is 14.6 Å². The summed E-state index contributed by atoms with van der Waals surface area (Å²) in [6.07, 6.45) is 4.82. The molecule has 1 N–H and O–H groups in total. The normalized spacial score (nSPS) is 15.7. The van der Waals surface area contributed by atoms with Crippen LogP contribution in [0.3, 0.4) is 0 Å². The first-order valence-corrected chi connectivity index (χ1v) is 11.3. The molecule has 0 saturated carbocycles. The van der Waals surface area contributed by atoms with Crippen molar-refractivity contribution in [3.05, 3.63) is 60.4 Å². The number of carbonyl (C=O) groups excluding carboxylic acids is 2. The summed E-state index contributed by atoms with van der Waals surface area (Å²) in [5, 5.41) is 3.97. The molecule has 0 aliphatic carbocycles. The summed E-state index contributed by atoms with van der Waals surface area (Å²) >= 11 is 0. The average molecular weight is 431 g/mol. The molecule has 166 valence electrons. The molecular formula is C26H30N4O2. The summed E-state index contributed by atoms with van der Waals surface area (Å²) in [5.41, 5.74) is 3.13. The first kappa shape index (κ1) is 21.9. The molecule has 1 fully saturated rings. The number of nitrogens with zero attached hydrogens (tertiary/aromatic N) is 3. The Hall–Kier alpha value is -3.28. The van der Waals surface area contributed by atoms with Gasteiger partial charge >= 0.3 is 0 Å². The van der Waals surface area contributed by atoms with Gasteiger partial charge in [-0.25, -0.2) is 4.98 Å². The van der Waals surface area contributed by atoms with E-state index in [-0.39, 0.29) is 23.8 Å². The van der Waals surface area contributed by atoms with Gasteiger partial charge in [0.25, 0.3) is 5.91 Å². The fourth-order valence-corrected chi connectivity index (χ4v) is 4.05. The van der Waals surface area contributed by atoms with E-state index in [0.29, 0.717) is 37.4 Å². The second kappa shape index (κ2) is 9.47. The van der Waals surface area contributed by atoms with Crippen molar-refractivity contribution in [2.24, 2.45) is 11.8 Å². The molecular weight excluding hydrogens is 400 g/mol. The molecule has 0 bridgehead atoms. The maximum absolute atomic E-state index is 13.5. The van der Waals surface area contributed by atoms with Crippen LogP contribution in [0.4, 0.5) is 0 Å². The molecule has 1 saturated heterocycles. The van der Waals surface area contributed by atoms with E-state index in [9.17, 15) is 9.59 Å². The number of aromatic nitrogens is 2. The fourth-order valence-electron chi connectivity index (χ4n) is 4.05. The minimum Gasteiger partial charge on any atom is -0.353 e. The zero-order valence-electron chi connectivity index (χ0n) is 18.9. The molecule has 1 aromatic carbocycles. The molecule has 2 amide bonds. The highest BCUT2D eigenvalue weighted by atomic mass is 16.2. The Balaban J connectivity index is 1.54. The van der Waals surface area contributed by atoms with E-state index in [0.717, 1.165) is 22.2 Å². The average Bonchev–Trinajstić information content (AvgIpc) is 2.83. The molecule has 6 nitrogen and oxygen atoms in total. The first-order chi connectivity index (χ1) is 15.4. The van der Waals surface area contributed by atoms with E-state index < -0.39 is 0 Å². The van der Waals surface area contributed by atoms with Crippen LogP contribution in [0.1, 0.15) is 44.0 Å². The highest BCUT2D eigenvalue weighted by molar-refractivity contribution is 6.07. The Bertz CT molecular complexity index is 1110. The van der Waals surface area contributed by atoms with Crippen LogP contribution in [0, 0.1) is 11.8 Å². The number of hydrogen-bond acceptors (Lipinski definition) is 4. The number of benzene rings is 1. The van der Waals surface area contributed by atoms with Gasteiger partial charge in [-0.2, -0.15) is 0 Å². The minimum absolute atomic E-state index is 0.00619. The first-order valence-electron chi connectivity index (χ1n) is 11.3. The number of carbonyl (C=O) groups is 2. The third kappa shape index (κ3) is 4.64. The van der Waals surface area contributed by atoms with Gasteiger partial charge in [-0.05, 0) is 49.9 Å². The van der Waals surface area contributed by atoms with E-state index in [1.54, 1.807) is 12.4 Å². The molecule has 32 heavy (non-hydrogen) atoms. The minimum atomic E-state index is -0.0400. The standard InChI is InChI=1S/C26H30N4O2/c1-17(2)18(3)28-25(31)20-10-14-30(15-11-20)26(32)22-16-24(19-8-12-27-13-9-19)29-23-7-5-4-6-21(22)23/h4-9,12-13,16-18,20H,10-11,14-15H2,1-3H3,(H,28,31). The maximum atomic E-state index is 13.5. The third-order valence-corrected chi connectivity index (χ3v) is 6.45. The molecule has 0 radical (unpaired) electrons. The van der Waals surface area contributed by atoms with Crippen LogP contribution < -0.4 is 5.32 Å². The van der Waals surface area contributed by atoms with Crippen molar-refractivity contribution in [1.29, 1.82) is 0 Å². The van der Waals surface area contributed by atoms with Crippen LogP contribution in [0.5, 0.6) is 0 Å². The molecule has 1 atom stereocenters. The summed E-state index contributed by atoms with van der Waals surface area (Å²) in [4.78, 5) is 36.8. The molecule has 0 spiro atoms. The van der Waals surface area contributed by atoms with Crippen molar-refractivity contribution in [3.8, 4) is 11.3 Å². The maximum Gasteiger partial charge on any atom is 0.254 e. The van der Waals surface area contributed by atoms with Gasteiger partial charge in [0.2, 0.25) is 5.91 Å². The molecule has 1 aliphatic heterocycles. The number of hydrogen-bond donors (Lipinski definition) is 1. The number of rotatable bonds is 5. The molecule has 4 rings (SSSR count). The summed E-state index contributed by atoms with van der Waals surface area (Å²) < 4.78 is 0. The van der Waals surface area contributed by atoms with E-state index in [1.807, 2.05) is 54.3 Å². The van der Waals surface area contributed by atoms with Gasteiger partial charge in [-0.15, -0.1) is 0 Å². The SMILES string of the molecule is CC(C)C(C)NC(=O)C1CCN(C(=O)c2cc(-c3ccncc3)nc3ccccc23)CC1. The molecule has 3 heterocycles. The summed E-state index contributed by atoms with van der Waals surface area (Å²) in [5.74, 6) is 0.456. The lowest BCUT2D eigenvalue weighted by molar-refractivity contribution is -0.127. The number of para-hydroxylation sites is 1. The second-order valence-corrected chi connectivity index (χ2v) is 8.92. The van der Waals surface area contributed by atoms with Crippen LogP contribution in [0.15, 0.2) is 54.9 Å². The van der Waals surface area contributed by atoms with Gasteiger partial charge in [-0.1, -0.05) is 32.0 Å². The smallest absolute Gasteiger partial charge is 0.254 e. The monoisotopic (exact) mass is 430 g/mol. The second-order valence-electron chi connectivity index (χ2n) is 8.92. The largest absolute Gasteiger partial charge is 0.353 e. The third-order valence-electron chi connectivity index (χ3n) is 6.45. The van der Waals surface area contributed by atoms with Crippen molar-refractivity contribution in [3.63, 3.8) is 0 Å². The van der Waals surface area contributed by atoms with Gasteiger partial charge < -0.3 is 10.2 Å². The zero-order valence-corrected chi connectivity index (χ0v) is 18.9. The topological polar surface area (TPSA) is 75.2 Å². The zero-order chi connectivity index (χ0) is 22.7. The van der Waals surface area contributed by atoms with Crippen LogP contribution >= 0.6 is 0 Å². The highest BCUT2D eigenvalue weighted by Gasteiger charge is 2.29. The number of fused-ring (bicyclic) bond motifs is 1. The van der Waals surface area contributed by atoms with Gasteiger partial charge in [0.05, 0.1) is 16.8 Å². The van der Waals surface area contributed by atoms with Crippen molar-refractivity contribution in [2.75, 3.05) is 13.1 Å². The van der Waals surface area contributed by atoms with Crippen LogP contribution in [-0.4, -0.2) is 45.8 Å². The Kier molecular flexibility index (Phi) is 6.49. The lowest BCUT2D eigenvalue weighted by Crippen LogP contribution is -2.45. The van der Waals surface area contributed by atoms with Crippen molar-refractivity contribution >= 4 is 22.7 Å². The molecule has 6 heteroatoms. The van der Waals surface area contributed by atoms with Gasteiger partial charge in [0.1, 0.15) is 0 Å². The summed E-state index contributed by atoms with van der Waals surface area (Å²) in [6, 6.07) is 13.6. The Labute approximate surface area is 189 Å². The summed E-state index contributed by atoms with van der Waals surface area (Å²) in [6.45, 7) is 7.40. The van der Waals surface area contributed by atoms with E-state index >= 15 is 0 Å². The number of piperidine rings is 1. The highest BCUT2D eigenvalue weighted by Crippen LogP contribution is 2.27. The van der Waals surface area contributed by atoms with E-state index in [2.05, 4.69) is 24.1 Å². The van der Waals surface area contributed by atoms with Crippen LogP contribution in [0.25, 0.3) is 22.2 Å². The Morgan fingerprint density at radius 3 is 2.41 bits per heavy atom. The fraction of sp³-hybridized carbons (Fsp3) is 0.385. The summed E-state index contributed by atoms with van der Waals surface area (Å²) in [7, 11) is 0. The van der Waals surface area contributed by atoms with Crippen LogP contribution in [-0.2, 0) is 4.79 Å². The Morgan fingerprint density at radius 2 is 1.72 bits per heavy atom. The van der Waals surface area contributed by atoms with E-state index in [4.69, 9.17) is 4.98 Å². The number of amides is 2. The van der Waals surface area contributed by atoms with Crippen LogP contribution in [0.2, 0.25) is 0 Å². The Morgan fingerprint density at radius 1 is 1.03 bits per heavy atom. The number of nitrogens with one attached hydrogen (secondary N) is 1. The molecule has 1 aliphatic rings. The van der Waals surface area contributed by atoms with Crippen molar-refractivity contribution in [2.45, 2.75) is 39.7 Å².